The fourth-order valence-corrected chi connectivity index (χ4v) is 12.7. The van der Waals surface area contributed by atoms with Crippen LogP contribution in [0, 0.1) is 0 Å². The molecule has 0 unspecified atom stereocenters. The van der Waals surface area contributed by atoms with Crippen LogP contribution in [0.2, 0.25) is 18.1 Å². The van der Waals surface area contributed by atoms with Crippen LogP contribution in [0.4, 0.5) is 0 Å². The Labute approximate surface area is 540 Å². The Kier molecular flexibility index (Phi) is 25.2. The van der Waals surface area contributed by atoms with Gasteiger partial charge in [0, 0.05) is 15.4 Å². The number of hydrogen-bond donors (Lipinski definition) is 0. The van der Waals surface area contributed by atoms with Gasteiger partial charge >= 0.3 is 0 Å². The number of hydrogen-bond acceptors (Lipinski definition) is 16. The Morgan fingerprint density at radius 2 is 0.935 bits per heavy atom. The van der Waals surface area contributed by atoms with Crippen LogP contribution < -0.4 is 0 Å². The van der Waals surface area contributed by atoms with Gasteiger partial charge in [0.15, 0.2) is 33.5 Å². The van der Waals surface area contributed by atoms with E-state index >= 15 is 0 Å². The average Bonchev–Trinajstić information content (AvgIpc) is 0.773. The van der Waals surface area contributed by atoms with Crippen LogP contribution >= 0.6 is 0 Å². The Hall–Kier alpha value is -6.66. The van der Waals surface area contributed by atoms with Gasteiger partial charge in [0.05, 0.1) is 59.5 Å². The fourth-order valence-electron chi connectivity index (χ4n) is 11.4. The molecule has 21 heteroatoms. The Balaban J connectivity index is 1.07. The van der Waals surface area contributed by atoms with Crippen LogP contribution in [0.3, 0.4) is 0 Å². The van der Waals surface area contributed by atoms with E-state index in [4.69, 9.17) is 66.0 Å². The molecule has 0 radical (unpaired) electrons. The van der Waals surface area contributed by atoms with Crippen LogP contribution in [0.5, 0.6) is 0 Å². The molecular weight excluding hydrogens is 1190 g/mol. The van der Waals surface area contributed by atoms with Crippen LogP contribution in [0.15, 0.2) is 205 Å². The van der Waals surface area contributed by atoms with Crippen molar-refractivity contribution in [3.63, 3.8) is 0 Å². The minimum absolute atomic E-state index is 0.0338. The number of unbranched alkanes of at least 4 members (excludes halogenated alkanes) is 1. The molecular formula is C71H86N6O14Si. The molecule has 0 spiro atoms. The number of allylic oxidation sites excluding steroid dienone is 1. The van der Waals surface area contributed by atoms with E-state index in [1.807, 2.05) is 182 Å². The zero-order valence-corrected chi connectivity index (χ0v) is 54.0. The maximum Gasteiger partial charge on any atom is 0.192 e. The molecule has 92 heavy (non-hydrogen) atoms. The van der Waals surface area contributed by atoms with E-state index in [1.54, 1.807) is 6.08 Å². The summed E-state index contributed by atoms with van der Waals surface area (Å²) in [5, 5.41) is 8.58. The number of ether oxygens (including phenoxy) is 13. The molecule has 0 aromatic heterocycles. The second-order valence-corrected chi connectivity index (χ2v) is 29.6. The van der Waals surface area contributed by atoms with Gasteiger partial charge in [-0.15, -0.1) is 6.58 Å². The first-order valence-electron chi connectivity index (χ1n) is 31.7. The first kappa shape index (κ1) is 68.2. The standard InChI is InChI=1S/C71H86N6O14Si/c1-7-8-27-40-80-68-58(74-76-72)63(81-43-51-32-19-11-20-33-51)60(55(85-68)46-78-41-49-28-15-9-16-29-49)89-69-59(75-77-73)64(82-44-52-34-21-12-22-35-52)61(56(86-69)47-79-42-50-30-17-10-18-31-50)90-70-66(83-45-53-36-23-13-24-37-53)65(91-92(5,6)71(2,3)4)62-57(87-70)48-84-67(88-62)54-38-25-14-26-39-54/h7,9-26,28-39,55-70H,1,8,27,40-48H2,2-6H3/t55-,56-,57-,58-,59-,60-,61-,62-,63-,64-,65+,66+,67-,68-,69+,70+/m1/s1. The zero-order chi connectivity index (χ0) is 64.1. The summed E-state index contributed by atoms with van der Waals surface area (Å²) in [7, 11) is -2.69. The third-order valence-corrected chi connectivity index (χ3v) is 21.7. The molecule has 0 saturated carbocycles. The highest BCUT2D eigenvalue weighted by Crippen LogP contribution is 2.45. The monoisotopic (exact) mass is 1270 g/mol. The molecule has 0 amide bonds. The van der Waals surface area contributed by atoms with Crippen LogP contribution in [0.25, 0.3) is 20.9 Å². The van der Waals surface area contributed by atoms with Crippen LogP contribution in [0.1, 0.15) is 73.3 Å². The van der Waals surface area contributed by atoms with Crippen LogP contribution in [-0.2, 0) is 99.0 Å². The summed E-state index contributed by atoms with van der Waals surface area (Å²) in [6, 6.07) is 56.0. The van der Waals surface area contributed by atoms with Crippen molar-refractivity contribution in [3.8, 4) is 0 Å². The van der Waals surface area contributed by atoms with E-state index in [-0.39, 0.29) is 64.5 Å². The van der Waals surface area contributed by atoms with E-state index in [9.17, 15) is 11.1 Å². The molecule has 6 aromatic carbocycles. The molecule has 6 aromatic rings. The second kappa shape index (κ2) is 34.0. The van der Waals surface area contributed by atoms with Gasteiger partial charge in [-0.1, -0.05) is 219 Å². The molecule has 488 valence electrons. The molecule has 4 aliphatic rings. The largest absolute Gasteiger partial charge is 0.408 e. The van der Waals surface area contributed by atoms with E-state index in [0.29, 0.717) is 12.8 Å². The van der Waals surface area contributed by atoms with Crippen molar-refractivity contribution >= 4 is 8.32 Å². The first-order chi connectivity index (χ1) is 44.9. The van der Waals surface area contributed by atoms with E-state index in [2.05, 4.69) is 60.5 Å². The van der Waals surface area contributed by atoms with Gasteiger partial charge in [-0.25, -0.2) is 0 Å². The maximum absolute atomic E-state index is 10.8. The van der Waals surface area contributed by atoms with Gasteiger partial charge in [0.25, 0.3) is 0 Å². The van der Waals surface area contributed by atoms with Gasteiger partial charge in [-0.05, 0) is 69.9 Å². The number of fused-ring (bicyclic) bond motifs is 1. The summed E-state index contributed by atoms with van der Waals surface area (Å²) in [4.78, 5) is 6.79. The Morgan fingerprint density at radius 1 is 0.511 bits per heavy atom. The van der Waals surface area contributed by atoms with Gasteiger partial charge in [-0.2, -0.15) is 0 Å². The number of rotatable bonds is 31. The molecule has 0 N–H and O–H groups in total. The van der Waals surface area contributed by atoms with Crippen molar-refractivity contribution < 1.29 is 66.0 Å². The molecule has 16 atom stereocenters. The number of azide groups is 2. The van der Waals surface area contributed by atoms with E-state index in [0.717, 1.165) is 33.4 Å². The maximum atomic E-state index is 10.8. The molecule has 4 heterocycles. The lowest BCUT2D eigenvalue weighted by atomic mass is 9.94. The molecule has 20 nitrogen and oxygen atoms in total. The van der Waals surface area contributed by atoms with E-state index < -0.39 is 107 Å². The van der Waals surface area contributed by atoms with Crippen molar-refractivity contribution in [1.29, 1.82) is 0 Å². The number of nitrogens with zero attached hydrogens (tertiary/aromatic N) is 6. The fraction of sp³-hybridized carbons (Fsp3) is 0.465. The Morgan fingerprint density at radius 3 is 1.39 bits per heavy atom. The first-order valence-corrected chi connectivity index (χ1v) is 34.6. The minimum atomic E-state index is -2.69. The summed E-state index contributed by atoms with van der Waals surface area (Å²) < 4.78 is 98.1. The third-order valence-electron chi connectivity index (χ3n) is 17.3. The molecule has 0 bridgehead atoms. The van der Waals surface area contributed by atoms with Crippen molar-refractivity contribution in [2.75, 3.05) is 26.4 Å². The molecule has 4 aliphatic heterocycles. The molecule has 0 aliphatic carbocycles. The lowest BCUT2D eigenvalue weighted by Gasteiger charge is -2.53. The van der Waals surface area contributed by atoms with Gasteiger partial charge < -0.3 is 66.0 Å². The summed E-state index contributed by atoms with van der Waals surface area (Å²) in [6.07, 6.45) is -11.2. The third kappa shape index (κ3) is 18.4. The average molecular weight is 1280 g/mol. The Bertz CT molecular complexity index is 3250. The number of benzene rings is 6. The lowest BCUT2D eigenvalue weighted by Crippen LogP contribution is -2.68. The topological polar surface area (TPSA) is 227 Å². The van der Waals surface area contributed by atoms with Crippen molar-refractivity contribution in [1.82, 2.24) is 0 Å². The zero-order valence-electron chi connectivity index (χ0n) is 53.0. The van der Waals surface area contributed by atoms with Gasteiger partial charge in [0.2, 0.25) is 0 Å². The molecule has 10 rings (SSSR count). The predicted octanol–water partition coefficient (Wildman–Crippen LogP) is 14.0. The minimum Gasteiger partial charge on any atom is -0.408 e. The highest BCUT2D eigenvalue weighted by Gasteiger charge is 2.59. The molecule has 4 fully saturated rings. The molecule has 4 saturated heterocycles. The smallest absolute Gasteiger partial charge is 0.192 e. The summed E-state index contributed by atoms with van der Waals surface area (Å²) in [6.45, 7) is 15.7. The highest BCUT2D eigenvalue weighted by molar-refractivity contribution is 6.74. The highest BCUT2D eigenvalue weighted by atomic mass is 28.4. The van der Waals surface area contributed by atoms with E-state index in [1.165, 1.54) is 0 Å². The lowest BCUT2D eigenvalue weighted by molar-refractivity contribution is -0.389. The van der Waals surface area contributed by atoms with Crippen molar-refractivity contribution in [2.24, 2.45) is 10.2 Å². The quantitative estimate of drug-likeness (QED) is 0.00985. The predicted molar refractivity (Wildman–Crippen MR) is 346 cm³/mol. The van der Waals surface area contributed by atoms with Gasteiger partial charge in [-0.3, -0.25) is 0 Å². The van der Waals surface area contributed by atoms with Gasteiger partial charge in [0.1, 0.15) is 73.1 Å². The normalized spacial score (nSPS) is 28.2. The summed E-state index contributed by atoms with van der Waals surface area (Å²) in [5.74, 6) is 0. The van der Waals surface area contributed by atoms with Crippen molar-refractivity contribution in [3.05, 3.63) is 249 Å². The SMILES string of the molecule is C=CCCCO[C@@H]1O[C@H](COCc2ccccc2)[C@@H](O[C@@H]2O[C@H](COCc3ccccc3)[C@@H](O[C@@H]3O[C@@H]4CO[C@@H](c5ccccc5)O[C@H]4[C@H](O[Si](C)(C)C(C)(C)C)[C@@H]3OCc3ccccc3)[C@H](OCc3ccccc3)[C@H]2N=[N+]=[N-])[C@H](OCc2ccccc2)[C@H]1N=[N+]=[N-]. The summed E-state index contributed by atoms with van der Waals surface area (Å²) >= 11 is 0. The van der Waals surface area contributed by atoms with Crippen LogP contribution in [-0.4, -0.2) is 127 Å². The second-order valence-electron chi connectivity index (χ2n) is 24.8. The van der Waals surface area contributed by atoms with Crippen molar-refractivity contribution in [2.45, 2.75) is 183 Å². The summed E-state index contributed by atoms with van der Waals surface area (Å²) in [5.41, 5.74) is 26.4.